The number of carbonyl (C=O) groups excluding carboxylic acids is 1. The molecule has 0 bridgehead atoms. The van der Waals surface area contributed by atoms with Crippen molar-refractivity contribution < 1.29 is 14.3 Å². The molecule has 1 aliphatic heterocycles. The minimum absolute atomic E-state index is 0.0605. The highest BCUT2D eigenvalue weighted by Gasteiger charge is 2.16. The predicted octanol–water partition coefficient (Wildman–Crippen LogP) is 3.24. The number of methoxy groups -OCH3 is 1. The van der Waals surface area contributed by atoms with E-state index in [-0.39, 0.29) is 12.5 Å². The molecule has 0 spiro atoms. The molecular formula is C25H35N3O3. The Morgan fingerprint density at radius 3 is 2.61 bits per heavy atom. The summed E-state index contributed by atoms with van der Waals surface area (Å²) < 4.78 is 10.7. The Morgan fingerprint density at radius 1 is 1.03 bits per heavy atom. The van der Waals surface area contributed by atoms with E-state index in [0.717, 1.165) is 56.9 Å². The fourth-order valence-electron chi connectivity index (χ4n) is 3.82. The van der Waals surface area contributed by atoms with Gasteiger partial charge in [-0.3, -0.25) is 9.69 Å². The van der Waals surface area contributed by atoms with Gasteiger partial charge in [-0.1, -0.05) is 24.3 Å². The molecule has 0 aromatic heterocycles. The molecule has 31 heavy (non-hydrogen) atoms. The van der Waals surface area contributed by atoms with E-state index in [9.17, 15) is 4.79 Å². The van der Waals surface area contributed by atoms with Gasteiger partial charge < -0.3 is 19.7 Å². The second-order valence-electron chi connectivity index (χ2n) is 8.07. The van der Waals surface area contributed by atoms with Crippen LogP contribution in [0.1, 0.15) is 24.0 Å². The number of carbonyl (C=O) groups is 1. The van der Waals surface area contributed by atoms with Gasteiger partial charge in [0.2, 0.25) is 5.91 Å². The molecule has 2 aromatic carbocycles. The maximum absolute atomic E-state index is 11.9. The van der Waals surface area contributed by atoms with Crippen LogP contribution in [0, 0.1) is 6.92 Å². The van der Waals surface area contributed by atoms with E-state index in [1.807, 2.05) is 24.3 Å². The number of unbranched alkanes of at least 4 members (excludes halogenated alkanes) is 1. The summed E-state index contributed by atoms with van der Waals surface area (Å²) in [6.45, 7) is 8.75. The summed E-state index contributed by atoms with van der Waals surface area (Å²) in [7, 11) is 1.64. The van der Waals surface area contributed by atoms with E-state index in [1.165, 1.54) is 11.3 Å². The van der Waals surface area contributed by atoms with Crippen LogP contribution in [0.5, 0.6) is 5.75 Å². The highest BCUT2D eigenvalue weighted by Crippen LogP contribution is 2.18. The zero-order chi connectivity index (χ0) is 21.9. The normalized spacial score (nSPS) is 14.5. The Balaban J connectivity index is 1.22. The molecule has 6 heteroatoms. The fourth-order valence-corrected chi connectivity index (χ4v) is 3.82. The number of nitrogens with one attached hydrogen (secondary N) is 1. The summed E-state index contributed by atoms with van der Waals surface area (Å²) in [5, 5.41) is 2.95. The zero-order valence-electron chi connectivity index (χ0n) is 18.8. The van der Waals surface area contributed by atoms with Crippen LogP contribution < -0.4 is 15.0 Å². The molecule has 0 unspecified atom stereocenters. The molecule has 1 aliphatic rings. The number of amides is 1. The van der Waals surface area contributed by atoms with E-state index < -0.39 is 0 Å². The highest BCUT2D eigenvalue weighted by molar-refractivity contribution is 5.77. The van der Waals surface area contributed by atoms with Gasteiger partial charge in [-0.15, -0.1) is 0 Å². The SMILES string of the molecule is COc1cccc(COCC(=O)NCCCCN2CCN(c3cccc(C)c3)CC2)c1. The number of piperazine rings is 1. The van der Waals surface area contributed by atoms with Crippen molar-refractivity contribution in [3.8, 4) is 5.75 Å². The van der Waals surface area contributed by atoms with Crippen molar-refractivity contribution in [3.63, 3.8) is 0 Å². The first-order valence-corrected chi connectivity index (χ1v) is 11.2. The monoisotopic (exact) mass is 425 g/mol. The predicted molar refractivity (Wildman–Crippen MR) is 125 cm³/mol. The summed E-state index contributed by atoms with van der Waals surface area (Å²) in [6, 6.07) is 16.4. The average molecular weight is 426 g/mol. The molecule has 1 fully saturated rings. The van der Waals surface area contributed by atoms with Crippen molar-refractivity contribution in [2.75, 3.05) is 57.9 Å². The van der Waals surface area contributed by atoms with Crippen molar-refractivity contribution in [2.24, 2.45) is 0 Å². The summed E-state index contributed by atoms with van der Waals surface area (Å²) >= 11 is 0. The molecule has 1 N–H and O–H groups in total. The number of hydrogen-bond acceptors (Lipinski definition) is 5. The molecule has 1 amide bonds. The zero-order valence-corrected chi connectivity index (χ0v) is 18.8. The highest BCUT2D eigenvalue weighted by atomic mass is 16.5. The Kier molecular flexibility index (Phi) is 9.18. The first-order valence-electron chi connectivity index (χ1n) is 11.2. The van der Waals surface area contributed by atoms with Crippen LogP contribution in [0.25, 0.3) is 0 Å². The fraction of sp³-hybridized carbons (Fsp3) is 0.480. The van der Waals surface area contributed by atoms with Crippen LogP contribution in [0.3, 0.4) is 0 Å². The van der Waals surface area contributed by atoms with Gasteiger partial charge in [0, 0.05) is 38.4 Å². The van der Waals surface area contributed by atoms with Crippen molar-refractivity contribution in [1.82, 2.24) is 10.2 Å². The van der Waals surface area contributed by atoms with Crippen molar-refractivity contribution in [3.05, 3.63) is 59.7 Å². The van der Waals surface area contributed by atoms with Crippen LogP contribution in [-0.4, -0.2) is 63.8 Å². The largest absolute Gasteiger partial charge is 0.497 e. The van der Waals surface area contributed by atoms with Crippen LogP contribution in [-0.2, 0) is 16.1 Å². The van der Waals surface area contributed by atoms with Crippen molar-refractivity contribution in [2.45, 2.75) is 26.4 Å². The van der Waals surface area contributed by atoms with Crippen LogP contribution in [0.15, 0.2) is 48.5 Å². The number of ether oxygens (including phenoxy) is 2. The topological polar surface area (TPSA) is 54.0 Å². The Bertz CT molecular complexity index is 819. The number of benzene rings is 2. The quantitative estimate of drug-likeness (QED) is 0.560. The van der Waals surface area contributed by atoms with Gasteiger partial charge >= 0.3 is 0 Å². The molecule has 0 saturated carbocycles. The maximum atomic E-state index is 11.9. The van der Waals surface area contributed by atoms with Gasteiger partial charge in [0.15, 0.2) is 0 Å². The first kappa shape index (κ1) is 23.1. The molecule has 6 nitrogen and oxygen atoms in total. The summed E-state index contributed by atoms with van der Waals surface area (Å²) in [5.41, 5.74) is 3.64. The van der Waals surface area contributed by atoms with Gasteiger partial charge in [0.05, 0.1) is 13.7 Å². The minimum atomic E-state index is -0.0605. The molecule has 0 radical (unpaired) electrons. The van der Waals surface area contributed by atoms with E-state index >= 15 is 0 Å². The molecule has 0 atom stereocenters. The minimum Gasteiger partial charge on any atom is -0.497 e. The lowest BCUT2D eigenvalue weighted by atomic mass is 10.2. The van der Waals surface area contributed by atoms with Crippen LogP contribution >= 0.6 is 0 Å². The second-order valence-corrected chi connectivity index (χ2v) is 8.07. The third-order valence-electron chi connectivity index (χ3n) is 5.60. The number of nitrogens with zero attached hydrogens (tertiary/aromatic N) is 2. The number of aryl methyl sites for hydroxylation is 1. The smallest absolute Gasteiger partial charge is 0.246 e. The lowest BCUT2D eigenvalue weighted by molar-refractivity contribution is -0.126. The van der Waals surface area contributed by atoms with Gasteiger partial charge in [0.1, 0.15) is 12.4 Å². The first-order chi connectivity index (χ1) is 15.1. The summed E-state index contributed by atoms with van der Waals surface area (Å²) in [4.78, 5) is 16.9. The average Bonchev–Trinajstić information content (AvgIpc) is 2.79. The second kappa shape index (κ2) is 12.3. The molecular weight excluding hydrogens is 390 g/mol. The number of anilines is 1. The molecule has 1 heterocycles. The Morgan fingerprint density at radius 2 is 1.84 bits per heavy atom. The molecule has 1 saturated heterocycles. The van der Waals surface area contributed by atoms with Gasteiger partial charge in [-0.05, 0) is 61.7 Å². The third-order valence-corrected chi connectivity index (χ3v) is 5.60. The molecule has 2 aromatic rings. The van der Waals surface area contributed by atoms with Crippen molar-refractivity contribution >= 4 is 11.6 Å². The standard InChI is InChI=1S/C25H35N3O3/c1-21-7-5-9-23(17-21)28-15-13-27(14-16-28)12-4-3-11-26-25(29)20-31-19-22-8-6-10-24(18-22)30-2/h5-10,17-18H,3-4,11-16,19-20H2,1-2H3,(H,26,29). The van der Waals surface area contributed by atoms with E-state index in [1.54, 1.807) is 7.11 Å². The van der Waals surface area contributed by atoms with Crippen molar-refractivity contribution in [1.29, 1.82) is 0 Å². The molecule has 168 valence electrons. The van der Waals surface area contributed by atoms with Crippen LogP contribution in [0.4, 0.5) is 5.69 Å². The Hall–Kier alpha value is -2.57. The van der Waals surface area contributed by atoms with Gasteiger partial charge in [-0.25, -0.2) is 0 Å². The molecule has 3 rings (SSSR count). The number of rotatable bonds is 11. The van der Waals surface area contributed by atoms with Gasteiger partial charge in [0.25, 0.3) is 0 Å². The maximum Gasteiger partial charge on any atom is 0.246 e. The lowest BCUT2D eigenvalue weighted by Crippen LogP contribution is -2.46. The molecule has 0 aliphatic carbocycles. The summed E-state index contributed by atoms with van der Waals surface area (Å²) in [6.07, 6.45) is 2.08. The third kappa shape index (κ3) is 7.89. The van der Waals surface area contributed by atoms with Gasteiger partial charge in [-0.2, -0.15) is 0 Å². The lowest BCUT2D eigenvalue weighted by Gasteiger charge is -2.36. The van der Waals surface area contributed by atoms with E-state index in [4.69, 9.17) is 9.47 Å². The number of hydrogen-bond donors (Lipinski definition) is 1. The van der Waals surface area contributed by atoms with E-state index in [2.05, 4.69) is 46.3 Å². The van der Waals surface area contributed by atoms with E-state index in [0.29, 0.717) is 13.2 Å². The Labute approximate surface area is 186 Å². The van der Waals surface area contributed by atoms with Crippen LogP contribution in [0.2, 0.25) is 0 Å². The summed E-state index contributed by atoms with van der Waals surface area (Å²) in [5.74, 6) is 0.733.